The van der Waals surface area contributed by atoms with E-state index in [4.69, 9.17) is 4.74 Å². The Balaban J connectivity index is 0.00000208. The molecule has 0 atom stereocenters. The van der Waals surface area contributed by atoms with Crippen LogP contribution in [-0.4, -0.2) is 15.6 Å². The Labute approximate surface area is 165 Å². The fraction of sp³-hybridized carbons (Fsp3) is 0.111. The van der Waals surface area contributed by atoms with E-state index in [1.54, 1.807) is 24.3 Å². The molecule has 0 aliphatic carbocycles. The fourth-order valence-corrected chi connectivity index (χ4v) is 2.33. The molecule has 3 rings (SSSR count). The van der Waals surface area contributed by atoms with Crippen LogP contribution in [0.1, 0.15) is 11.5 Å². The second-order valence-corrected chi connectivity index (χ2v) is 5.07. The molecule has 0 aliphatic rings. The number of anilines is 1. The molecule has 5 nitrogen and oxygen atoms in total. The van der Waals surface area contributed by atoms with Crippen LogP contribution < -0.4 is 10.1 Å². The number of nitrogens with zero attached hydrogens (tertiary/aromatic N) is 2. The Bertz CT molecular complexity index is 831. The van der Waals surface area contributed by atoms with Crippen molar-refractivity contribution in [2.24, 2.45) is 0 Å². The average Bonchev–Trinajstić information content (AvgIpc) is 2.87. The van der Waals surface area contributed by atoms with Gasteiger partial charge in [-0.1, -0.05) is 12.1 Å². The normalized spacial score (nSPS) is 9.92. The summed E-state index contributed by atoms with van der Waals surface area (Å²) in [6.45, 7) is 3.85. The summed E-state index contributed by atoms with van der Waals surface area (Å²) in [6, 6.07) is 17.1. The SMILES string of the molecule is Cc1cn(-c2ccccc2NC(=O)Oc2cc[c-]cc2)c(C)n1.[Y]. The smallest absolute Gasteiger partial charge is 0.415 e. The predicted octanol–water partition coefficient (Wildman–Crippen LogP) is 3.90. The second-order valence-electron chi connectivity index (χ2n) is 5.07. The number of imidazole rings is 1. The van der Waals surface area contributed by atoms with E-state index in [1.807, 2.05) is 48.9 Å². The third-order valence-electron chi connectivity index (χ3n) is 3.30. The van der Waals surface area contributed by atoms with E-state index in [1.165, 1.54) is 0 Å². The largest absolute Gasteiger partial charge is 0.437 e. The number of ether oxygens (including phenoxy) is 1. The molecule has 0 saturated heterocycles. The first-order chi connectivity index (χ1) is 11.1. The summed E-state index contributed by atoms with van der Waals surface area (Å²) in [4.78, 5) is 16.5. The fourth-order valence-electron chi connectivity index (χ4n) is 2.33. The van der Waals surface area contributed by atoms with Crippen LogP contribution in [0, 0.1) is 19.9 Å². The number of aromatic nitrogens is 2. The quantitative estimate of drug-likeness (QED) is 0.685. The zero-order valence-corrected chi connectivity index (χ0v) is 16.3. The van der Waals surface area contributed by atoms with Crippen LogP contribution in [0.25, 0.3) is 5.69 Å². The number of benzene rings is 2. The second kappa shape index (κ2) is 8.22. The number of carbonyl (C=O) groups is 1. The number of amides is 1. The Morgan fingerprint density at radius 3 is 2.54 bits per heavy atom. The molecule has 1 amide bonds. The maximum absolute atomic E-state index is 12.1. The zero-order chi connectivity index (χ0) is 16.2. The van der Waals surface area contributed by atoms with E-state index in [2.05, 4.69) is 16.4 Å². The van der Waals surface area contributed by atoms with E-state index in [9.17, 15) is 4.79 Å². The van der Waals surface area contributed by atoms with Crippen LogP contribution in [-0.2, 0) is 32.7 Å². The standard InChI is InChI=1S/C18H16N3O2.Y/c1-13-12-21(14(2)19-13)17-11-7-6-10-16(17)20-18(22)23-15-8-4-3-5-9-15;/h4-12H,1-2H3,(H,20,22);/q-1;. The minimum atomic E-state index is -0.543. The van der Waals surface area contributed by atoms with Crippen molar-refractivity contribution in [1.82, 2.24) is 9.55 Å². The minimum Gasteiger partial charge on any atom is -0.437 e. The molecule has 24 heavy (non-hydrogen) atoms. The molecule has 1 radical (unpaired) electrons. The maximum Gasteiger partial charge on any atom is 0.415 e. The molecule has 1 heterocycles. The van der Waals surface area contributed by atoms with Crippen molar-refractivity contribution in [3.8, 4) is 11.4 Å². The van der Waals surface area contributed by atoms with Gasteiger partial charge in [0.05, 0.1) is 17.1 Å². The van der Waals surface area contributed by atoms with Crippen molar-refractivity contribution in [3.63, 3.8) is 0 Å². The number of nitrogens with one attached hydrogen (secondary N) is 1. The van der Waals surface area contributed by atoms with Crippen LogP contribution >= 0.6 is 0 Å². The third kappa shape index (κ3) is 4.31. The summed E-state index contributed by atoms with van der Waals surface area (Å²) >= 11 is 0. The number of para-hydroxylation sites is 2. The summed E-state index contributed by atoms with van der Waals surface area (Å²) in [5, 5.41) is 2.77. The van der Waals surface area contributed by atoms with Crippen LogP contribution in [0.5, 0.6) is 5.75 Å². The number of hydrogen-bond donors (Lipinski definition) is 1. The van der Waals surface area contributed by atoms with Gasteiger partial charge in [0.15, 0.2) is 0 Å². The number of hydrogen-bond acceptors (Lipinski definition) is 3. The first-order valence-corrected chi connectivity index (χ1v) is 7.20. The van der Waals surface area contributed by atoms with E-state index in [0.29, 0.717) is 11.4 Å². The van der Waals surface area contributed by atoms with Crippen molar-refractivity contribution in [3.05, 3.63) is 72.3 Å². The molecule has 3 aromatic rings. The first-order valence-electron chi connectivity index (χ1n) is 7.20. The van der Waals surface area contributed by atoms with Gasteiger partial charge in [-0.3, -0.25) is 5.32 Å². The summed E-state index contributed by atoms with van der Waals surface area (Å²) in [7, 11) is 0. The average molecular weight is 395 g/mol. The molecule has 0 saturated carbocycles. The molecule has 0 aliphatic heterocycles. The van der Waals surface area contributed by atoms with Gasteiger partial charge in [0.1, 0.15) is 5.82 Å². The summed E-state index contributed by atoms with van der Waals surface area (Å²) in [5.74, 6) is 1.32. The summed E-state index contributed by atoms with van der Waals surface area (Å²) in [6.07, 6.45) is 1.38. The molecule has 0 bridgehead atoms. The van der Waals surface area contributed by atoms with E-state index in [0.717, 1.165) is 17.2 Å². The number of rotatable bonds is 3. The molecule has 0 fully saturated rings. The van der Waals surface area contributed by atoms with Gasteiger partial charge < -0.3 is 9.30 Å². The molecule has 119 valence electrons. The molecular weight excluding hydrogens is 379 g/mol. The van der Waals surface area contributed by atoms with Crippen molar-refractivity contribution in [2.75, 3.05) is 5.32 Å². The van der Waals surface area contributed by atoms with Gasteiger partial charge in [0.2, 0.25) is 0 Å². The molecule has 2 aromatic carbocycles. The van der Waals surface area contributed by atoms with Gasteiger partial charge in [0, 0.05) is 44.7 Å². The van der Waals surface area contributed by atoms with Gasteiger partial charge in [-0.15, -0.1) is 12.1 Å². The maximum atomic E-state index is 12.1. The van der Waals surface area contributed by atoms with Crippen molar-refractivity contribution in [2.45, 2.75) is 13.8 Å². The Kier molecular flexibility index (Phi) is 6.29. The molecule has 6 heteroatoms. The summed E-state index contributed by atoms with van der Waals surface area (Å²) < 4.78 is 7.18. The molecule has 0 spiro atoms. The zero-order valence-electron chi connectivity index (χ0n) is 13.5. The third-order valence-corrected chi connectivity index (χ3v) is 3.30. The molecule has 1 N–H and O–H groups in total. The van der Waals surface area contributed by atoms with E-state index < -0.39 is 6.09 Å². The Morgan fingerprint density at radius 2 is 1.88 bits per heavy atom. The first kappa shape index (κ1) is 18.4. The van der Waals surface area contributed by atoms with Crippen molar-refractivity contribution in [1.29, 1.82) is 0 Å². The summed E-state index contributed by atoms with van der Waals surface area (Å²) in [5.41, 5.74) is 2.41. The van der Waals surface area contributed by atoms with E-state index >= 15 is 0 Å². The van der Waals surface area contributed by atoms with Gasteiger partial charge >= 0.3 is 6.09 Å². The van der Waals surface area contributed by atoms with Crippen molar-refractivity contribution >= 4 is 11.8 Å². The van der Waals surface area contributed by atoms with Crippen LogP contribution in [0.3, 0.4) is 0 Å². The number of aryl methyl sites for hydroxylation is 2. The number of carbonyl (C=O) groups excluding carboxylic acids is 1. The Morgan fingerprint density at radius 1 is 1.17 bits per heavy atom. The Hall–Kier alpha value is -1.98. The van der Waals surface area contributed by atoms with Gasteiger partial charge in [-0.2, -0.15) is 18.2 Å². The molecular formula is C18H16N3O2Y-. The molecule has 0 unspecified atom stereocenters. The van der Waals surface area contributed by atoms with Crippen molar-refractivity contribution < 1.29 is 42.2 Å². The molecule has 1 aromatic heterocycles. The monoisotopic (exact) mass is 395 g/mol. The van der Waals surface area contributed by atoms with Gasteiger partial charge in [0.25, 0.3) is 0 Å². The predicted molar refractivity (Wildman–Crippen MR) is 88.0 cm³/mol. The van der Waals surface area contributed by atoms with Crippen LogP contribution in [0.2, 0.25) is 0 Å². The minimum absolute atomic E-state index is 0. The van der Waals surface area contributed by atoms with Gasteiger partial charge in [-0.25, -0.2) is 9.78 Å². The van der Waals surface area contributed by atoms with Crippen LogP contribution in [0.15, 0.2) is 54.7 Å². The topological polar surface area (TPSA) is 56.2 Å². The van der Waals surface area contributed by atoms with Gasteiger partial charge in [-0.05, 0) is 26.0 Å². The van der Waals surface area contributed by atoms with Crippen LogP contribution in [0.4, 0.5) is 10.5 Å². The van der Waals surface area contributed by atoms with E-state index in [-0.39, 0.29) is 32.7 Å².